The summed E-state index contributed by atoms with van der Waals surface area (Å²) in [5, 5.41) is 3.30. The van der Waals surface area contributed by atoms with Crippen molar-refractivity contribution in [3.05, 3.63) is 24.2 Å². The molecule has 3 aliphatic heterocycles. The van der Waals surface area contributed by atoms with Gasteiger partial charge in [0.25, 0.3) is 0 Å². The Balaban J connectivity index is 1.25. The molecule has 0 bridgehead atoms. The van der Waals surface area contributed by atoms with Gasteiger partial charge in [0.15, 0.2) is 0 Å². The summed E-state index contributed by atoms with van der Waals surface area (Å²) in [6, 6.07) is 2.69. The first-order valence-corrected chi connectivity index (χ1v) is 11.2. The van der Waals surface area contributed by atoms with Crippen LogP contribution < -0.4 is 5.32 Å². The van der Waals surface area contributed by atoms with Gasteiger partial charge in [0.2, 0.25) is 17.7 Å². The van der Waals surface area contributed by atoms with Crippen LogP contribution in [0.1, 0.15) is 37.9 Å². The molecule has 1 aromatic rings. The summed E-state index contributed by atoms with van der Waals surface area (Å²) >= 11 is 1.74. The molecule has 4 unspecified atom stereocenters. The lowest BCUT2D eigenvalue weighted by atomic mass is 9.84. The number of piperazine rings is 1. The summed E-state index contributed by atoms with van der Waals surface area (Å²) in [5.41, 5.74) is 0. The van der Waals surface area contributed by atoms with Crippen molar-refractivity contribution in [1.82, 2.24) is 15.1 Å². The Kier molecular flexibility index (Phi) is 4.61. The Morgan fingerprint density at radius 3 is 2.79 bits per heavy atom. The van der Waals surface area contributed by atoms with E-state index >= 15 is 0 Å². The van der Waals surface area contributed by atoms with Crippen LogP contribution in [0.4, 0.5) is 0 Å². The van der Waals surface area contributed by atoms with Crippen molar-refractivity contribution >= 4 is 29.5 Å². The van der Waals surface area contributed by atoms with Crippen molar-refractivity contribution in [3.8, 4) is 0 Å². The zero-order valence-electron chi connectivity index (χ0n) is 15.7. The van der Waals surface area contributed by atoms with Gasteiger partial charge in [0, 0.05) is 24.3 Å². The molecule has 1 aromatic heterocycles. The standard InChI is InChI=1S/C20H25N3O4S/c24-18(12-3-1-4-12)21-15-6-7-22-17(15)20(26)23-10-14(9-16(23)19(22)25)28-11-13-5-2-8-27-13/h2,5,8,12,14-17H,1,3-4,6-7,9-11H2,(H,21,24). The molecule has 1 aliphatic carbocycles. The van der Waals surface area contributed by atoms with Crippen molar-refractivity contribution in [1.29, 1.82) is 0 Å². The predicted molar refractivity (Wildman–Crippen MR) is 103 cm³/mol. The third-order valence-electron chi connectivity index (χ3n) is 6.61. The Morgan fingerprint density at radius 2 is 2.07 bits per heavy atom. The highest BCUT2D eigenvalue weighted by atomic mass is 32.2. The number of rotatable bonds is 5. The molecule has 150 valence electrons. The summed E-state index contributed by atoms with van der Waals surface area (Å²) in [6.07, 6.45) is 5.98. The van der Waals surface area contributed by atoms with Crippen LogP contribution in [-0.4, -0.2) is 64.0 Å². The zero-order chi connectivity index (χ0) is 19.3. The minimum Gasteiger partial charge on any atom is -0.468 e. The number of nitrogens with one attached hydrogen (secondary N) is 1. The van der Waals surface area contributed by atoms with E-state index in [2.05, 4.69) is 5.32 Å². The summed E-state index contributed by atoms with van der Waals surface area (Å²) in [5.74, 6) is 1.84. The van der Waals surface area contributed by atoms with Gasteiger partial charge >= 0.3 is 0 Å². The monoisotopic (exact) mass is 403 g/mol. The lowest BCUT2D eigenvalue weighted by Crippen LogP contribution is -2.64. The highest BCUT2D eigenvalue weighted by Gasteiger charge is 2.55. The number of nitrogens with zero attached hydrogens (tertiary/aromatic N) is 2. The van der Waals surface area contributed by atoms with E-state index < -0.39 is 6.04 Å². The quantitative estimate of drug-likeness (QED) is 0.803. The third kappa shape index (κ3) is 3.02. The molecule has 4 fully saturated rings. The SMILES string of the molecule is O=C(NC1CCN2C(=O)C3CC(SCc4ccco4)CN3C(=O)C12)C1CCC1. The number of carbonyl (C=O) groups is 3. The van der Waals surface area contributed by atoms with E-state index in [4.69, 9.17) is 4.42 Å². The number of furan rings is 1. The fraction of sp³-hybridized carbons (Fsp3) is 0.650. The fourth-order valence-electron chi connectivity index (χ4n) is 4.82. The number of carbonyl (C=O) groups excluding carboxylic acids is 3. The molecule has 1 N–H and O–H groups in total. The fourth-order valence-corrected chi connectivity index (χ4v) is 5.97. The molecule has 7 nitrogen and oxygen atoms in total. The molecule has 4 atom stereocenters. The van der Waals surface area contributed by atoms with Crippen molar-refractivity contribution in [2.45, 2.75) is 61.2 Å². The second-order valence-corrected chi connectivity index (χ2v) is 9.55. The van der Waals surface area contributed by atoms with Crippen molar-refractivity contribution in [2.75, 3.05) is 13.1 Å². The first-order chi connectivity index (χ1) is 13.6. The number of hydrogen-bond donors (Lipinski definition) is 1. The molecule has 0 aromatic carbocycles. The Morgan fingerprint density at radius 1 is 1.21 bits per heavy atom. The molecule has 4 heterocycles. The van der Waals surface area contributed by atoms with Gasteiger partial charge in [0.05, 0.1) is 18.1 Å². The summed E-state index contributed by atoms with van der Waals surface area (Å²) in [4.78, 5) is 42.1. The van der Waals surface area contributed by atoms with Gasteiger partial charge in [-0.05, 0) is 37.8 Å². The summed E-state index contributed by atoms with van der Waals surface area (Å²) in [6.45, 7) is 1.15. The van der Waals surface area contributed by atoms with Crippen LogP contribution in [0.25, 0.3) is 0 Å². The van der Waals surface area contributed by atoms with Crippen LogP contribution in [0, 0.1) is 5.92 Å². The van der Waals surface area contributed by atoms with Crippen molar-refractivity contribution in [3.63, 3.8) is 0 Å². The largest absolute Gasteiger partial charge is 0.468 e. The number of hydrogen-bond acceptors (Lipinski definition) is 5. The van der Waals surface area contributed by atoms with E-state index in [1.807, 2.05) is 12.1 Å². The minimum atomic E-state index is -0.526. The number of thioether (sulfide) groups is 1. The van der Waals surface area contributed by atoms with Crippen LogP contribution in [0.2, 0.25) is 0 Å². The van der Waals surface area contributed by atoms with Gasteiger partial charge < -0.3 is 19.5 Å². The Bertz CT molecular complexity index is 778. The summed E-state index contributed by atoms with van der Waals surface area (Å²) < 4.78 is 5.38. The van der Waals surface area contributed by atoms with Gasteiger partial charge in [-0.3, -0.25) is 14.4 Å². The smallest absolute Gasteiger partial charge is 0.248 e. The average molecular weight is 404 g/mol. The van der Waals surface area contributed by atoms with Crippen molar-refractivity contribution in [2.24, 2.45) is 5.92 Å². The first kappa shape index (κ1) is 18.1. The van der Waals surface area contributed by atoms with E-state index in [1.165, 1.54) is 0 Å². The number of fused-ring (bicyclic) bond motifs is 2. The highest BCUT2D eigenvalue weighted by Crippen LogP contribution is 2.37. The lowest BCUT2D eigenvalue weighted by molar-refractivity contribution is -0.157. The van der Waals surface area contributed by atoms with Gasteiger partial charge in [-0.2, -0.15) is 0 Å². The molecule has 1 saturated carbocycles. The van der Waals surface area contributed by atoms with Gasteiger partial charge in [-0.25, -0.2) is 0 Å². The molecular weight excluding hydrogens is 378 g/mol. The van der Waals surface area contributed by atoms with E-state index in [0.29, 0.717) is 25.9 Å². The Hall–Kier alpha value is -1.96. The van der Waals surface area contributed by atoms with Crippen molar-refractivity contribution < 1.29 is 18.8 Å². The van der Waals surface area contributed by atoms with Gasteiger partial charge in [-0.15, -0.1) is 11.8 Å². The van der Waals surface area contributed by atoms with E-state index in [1.54, 1.807) is 27.8 Å². The molecular formula is C20H25N3O4S. The van der Waals surface area contributed by atoms with Crippen LogP contribution in [0.5, 0.6) is 0 Å². The average Bonchev–Trinajstić information content (AvgIpc) is 3.36. The van der Waals surface area contributed by atoms with E-state index in [9.17, 15) is 14.4 Å². The maximum atomic E-state index is 13.2. The van der Waals surface area contributed by atoms with E-state index in [-0.39, 0.29) is 41.0 Å². The van der Waals surface area contributed by atoms with Gasteiger partial charge in [0.1, 0.15) is 17.8 Å². The maximum absolute atomic E-state index is 13.2. The molecule has 5 rings (SSSR count). The van der Waals surface area contributed by atoms with E-state index in [0.717, 1.165) is 30.8 Å². The highest BCUT2D eigenvalue weighted by molar-refractivity contribution is 7.99. The zero-order valence-corrected chi connectivity index (χ0v) is 16.5. The molecule has 0 radical (unpaired) electrons. The molecule has 0 spiro atoms. The second-order valence-electron chi connectivity index (χ2n) is 8.26. The Labute approximate surface area is 168 Å². The minimum absolute atomic E-state index is 0.00195. The normalized spacial score (nSPS) is 32.3. The summed E-state index contributed by atoms with van der Waals surface area (Å²) in [7, 11) is 0. The lowest BCUT2D eigenvalue weighted by Gasteiger charge is -2.40. The molecule has 3 saturated heterocycles. The molecule has 4 aliphatic rings. The van der Waals surface area contributed by atoms with Crippen LogP contribution in [0.15, 0.2) is 22.8 Å². The van der Waals surface area contributed by atoms with Gasteiger partial charge in [-0.1, -0.05) is 6.42 Å². The first-order valence-electron chi connectivity index (χ1n) is 10.2. The maximum Gasteiger partial charge on any atom is 0.248 e. The van der Waals surface area contributed by atoms with Crippen LogP contribution >= 0.6 is 11.8 Å². The molecule has 8 heteroatoms. The van der Waals surface area contributed by atoms with Crippen LogP contribution in [-0.2, 0) is 20.1 Å². The topological polar surface area (TPSA) is 82.9 Å². The molecule has 3 amide bonds. The predicted octanol–water partition coefficient (Wildman–Crippen LogP) is 1.38. The molecule has 28 heavy (non-hydrogen) atoms. The van der Waals surface area contributed by atoms with Crippen LogP contribution in [0.3, 0.4) is 0 Å². The third-order valence-corrected chi connectivity index (χ3v) is 7.87. The second kappa shape index (κ2) is 7.13. The number of amides is 3.